The molecule has 2 aromatic rings. The highest BCUT2D eigenvalue weighted by molar-refractivity contribution is 6.31. The summed E-state index contributed by atoms with van der Waals surface area (Å²) in [5.41, 5.74) is 0.975. The molecular formula is C18H18ClF2NO. The molecule has 2 rings (SSSR count). The highest BCUT2D eigenvalue weighted by Gasteiger charge is 2.20. The first kappa shape index (κ1) is 17.4. The van der Waals surface area contributed by atoms with Crippen molar-refractivity contribution in [2.24, 2.45) is 5.92 Å². The van der Waals surface area contributed by atoms with Crippen LogP contribution in [0.25, 0.3) is 0 Å². The van der Waals surface area contributed by atoms with E-state index in [4.69, 9.17) is 11.6 Å². The number of halogens is 3. The van der Waals surface area contributed by atoms with E-state index in [-0.39, 0.29) is 40.7 Å². The second-order valence-electron chi connectivity index (χ2n) is 5.72. The van der Waals surface area contributed by atoms with Gasteiger partial charge in [0.2, 0.25) is 5.91 Å². The minimum atomic E-state index is -0.504. The molecule has 0 spiro atoms. The van der Waals surface area contributed by atoms with Crippen LogP contribution < -0.4 is 5.32 Å². The van der Waals surface area contributed by atoms with Gasteiger partial charge in [-0.2, -0.15) is 0 Å². The molecular weight excluding hydrogens is 320 g/mol. The Morgan fingerprint density at radius 3 is 2.35 bits per heavy atom. The molecule has 2 aromatic carbocycles. The van der Waals surface area contributed by atoms with Crippen molar-refractivity contribution < 1.29 is 13.6 Å². The van der Waals surface area contributed by atoms with Crippen LogP contribution in [0.3, 0.4) is 0 Å². The summed E-state index contributed by atoms with van der Waals surface area (Å²) in [4.78, 5) is 12.3. The monoisotopic (exact) mass is 337 g/mol. The van der Waals surface area contributed by atoms with Crippen molar-refractivity contribution in [3.05, 3.63) is 70.2 Å². The molecule has 0 aliphatic heterocycles. The molecule has 0 bridgehead atoms. The van der Waals surface area contributed by atoms with Crippen LogP contribution in [-0.4, -0.2) is 5.91 Å². The predicted molar refractivity (Wildman–Crippen MR) is 87.2 cm³/mol. The van der Waals surface area contributed by atoms with Crippen LogP contribution in [0.15, 0.2) is 42.5 Å². The molecule has 23 heavy (non-hydrogen) atoms. The van der Waals surface area contributed by atoms with E-state index >= 15 is 0 Å². The zero-order valence-corrected chi connectivity index (χ0v) is 13.7. The van der Waals surface area contributed by atoms with Gasteiger partial charge < -0.3 is 5.32 Å². The molecule has 0 saturated heterocycles. The van der Waals surface area contributed by atoms with Gasteiger partial charge >= 0.3 is 0 Å². The Morgan fingerprint density at radius 2 is 1.78 bits per heavy atom. The van der Waals surface area contributed by atoms with E-state index in [1.165, 1.54) is 24.3 Å². The third-order valence-corrected chi connectivity index (χ3v) is 3.97. The number of hydrogen-bond acceptors (Lipinski definition) is 1. The van der Waals surface area contributed by atoms with Gasteiger partial charge in [-0.05, 0) is 35.7 Å². The first-order valence-electron chi connectivity index (χ1n) is 7.36. The molecule has 0 saturated carbocycles. The third-order valence-electron chi connectivity index (χ3n) is 3.61. The average molecular weight is 338 g/mol. The second kappa shape index (κ2) is 7.55. The van der Waals surface area contributed by atoms with Crippen LogP contribution >= 0.6 is 11.6 Å². The van der Waals surface area contributed by atoms with Gasteiger partial charge in [-0.1, -0.05) is 43.6 Å². The summed E-state index contributed by atoms with van der Waals surface area (Å²) in [5.74, 6) is -1.07. The largest absolute Gasteiger partial charge is 0.349 e. The van der Waals surface area contributed by atoms with Crippen LogP contribution in [0, 0.1) is 17.6 Å². The van der Waals surface area contributed by atoms with Crippen molar-refractivity contribution in [2.75, 3.05) is 0 Å². The average Bonchev–Trinajstić information content (AvgIpc) is 2.49. The van der Waals surface area contributed by atoms with Crippen molar-refractivity contribution in [2.45, 2.75) is 26.3 Å². The Labute approximate surface area is 139 Å². The van der Waals surface area contributed by atoms with Gasteiger partial charge in [0.25, 0.3) is 0 Å². The first-order chi connectivity index (χ1) is 10.9. The van der Waals surface area contributed by atoms with E-state index in [2.05, 4.69) is 5.32 Å². The third kappa shape index (κ3) is 4.52. The first-order valence-corrected chi connectivity index (χ1v) is 7.74. The summed E-state index contributed by atoms with van der Waals surface area (Å²) in [6, 6.07) is 10.0. The number of benzene rings is 2. The zero-order chi connectivity index (χ0) is 17.0. The maximum atomic E-state index is 13.8. The second-order valence-corrected chi connectivity index (χ2v) is 6.12. The minimum Gasteiger partial charge on any atom is -0.349 e. The van der Waals surface area contributed by atoms with Crippen LogP contribution in [0.4, 0.5) is 8.78 Å². The van der Waals surface area contributed by atoms with Crippen LogP contribution in [-0.2, 0) is 11.2 Å². The standard InChI is InChI=1S/C18H18ClF2NO/c1-11(2)18(12-6-8-13(20)9-7-12)22-17(23)10-14-15(19)4-3-5-16(14)21/h3-9,11,18H,10H2,1-2H3,(H,22,23). The molecule has 1 atom stereocenters. The number of rotatable bonds is 5. The summed E-state index contributed by atoms with van der Waals surface area (Å²) in [7, 11) is 0. The lowest BCUT2D eigenvalue weighted by molar-refractivity contribution is -0.121. The molecule has 1 amide bonds. The molecule has 1 N–H and O–H groups in total. The van der Waals surface area contributed by atoms with E-state index in [9.17, 15) is 13.6 Å². The van der Waals surface area contributed by atoms with Gasteiger partial charge in [-0.25, -0.2) is 8.78 Å². The van der Waals surface area contributed by atoms with E-state index in [1.54, 1.807) is 18.2 Å². The highest BCUT2D eigenvalue weighted by atomic mass is 35.5. The lowest BCUT2D eigenvalue weighted by Crippen LogP contribution is -2.33. The number of carbonyl (C=O) groups excluding carboxylic acids is 1. The van der Waals surface area contributed by atoms with Gasteiger partial charge in [0.05, 0.1) is 12.5 Å². The molecule has 0 radical (unpaired) electrons. The number of carbonyl (C=O) groups is 1. The lowest BCUT2D eigenvalue weighted by atomic mass is 9.95. The van der Waals surface area contributed by atoms with Gasteiger partial charge in [-0.15, -0.1) is 0 Å². The Balaban J connectivity index is 2.14. The highest BCUT2D eigenvalue weighted by Crippen LogP contribution is 2.23. The topological polar surface area (TPSA) is 29.1 Å². The molecule has 122 valence electrons. The van der Waals surface area contributed by atoms with Gasteiger partial charge in [0, 0.05) is 10.6 Å². The van der Waals surface area contributed by atoms with Crippen LogP contribution in [0.5, 0.6) is 0 Å². The van der Waals surface area contributed by atoms with Crippen molar-refractivity contribution in [3.63, 3.8) is 0 Å². The van der Waals surface area contributed by atoms with Gasteiger partial charge in [0.15, 0.2) is 0 Å². The smallest absolute Gasteiger partial charge is 0.225 e. The fraction of sp³-hybridized carbons (Fsp3) is 0.278. The fourth-order valence-corrected chi connectivity index (χ4v) is 2.62. The van der Waals surface area contributed by atoms with Gasteiger partial charge in [0.1, 0.15) is 11.6 Å². The van der Waals surface area contributed by atoms with E-state index in [0.717, 1.165) is 5.56 Å². The fourth-order valence-electron chi connectivity index (χ4n) is 2.39. The molecule has 0 fully saturated rings. The summed E-state index contributed by atoms with van der Waals surface area (Å²) in [6.07, 6.45) is -0.143. The normalized spacial score (nSPS) is 12.3. The molecule has 1 unspecified atom stereocenters. The van der Waals surface area contributed by atoms with E-state index < -0.39 is 5.82 Å². The van der Waals surface area contributed by atoms with Crippen molar-refractivity contribution in [1.29, 1.82) is 0 Å². The zero-order valence-electron chi connectivity index (χ0n) is 12.9. The summed E-state index contributed by atoms with van der Waals surface area (Å²) in [5, 5.41) is 3.09. The number of amides is 1. The van der Waals surface area contributed by atoms with Crippen molar-refractivity contribution >= 4 is 17.5 Å². The molecule has 5 heteroatoms. The van der Waals surface area contributed by atoms with Crippen molar-refractivity contribution in [3.8, 4) is 0 Å². The molecule has 0 aliphatic rings. The Morgan fingerprint density at radius 1 is 1.13 bits per heavy atom. The van der Waals surface area contributed by atoms with Crippen LogP contribution in [0.1, 0.15) is 31.0 Å². The molecule has 0 heterocycles. The summed E-state index contributed by atoms with van der Waals surface area (Å²) >= 11 is 5.95. The molecule has 2 nitrogen and oxygen atoms in total. The van der Waals surface area contributed by atoms with Crippen LogP contribution in [0.2, 0.25) is 5.02 Å². The Hall–Kier alpha value is -1.94. The van der Waals surface area contributed by atoms with Crippen molar-refractivity contribution in [1.82, 2.24) is 5.32 Å². The molecule has 0 aromatic heterocycles. The van der Waals surface area contributed by atoms with E-state index in [0.29, 0.717) is 0 Å². The lowest BCUT2D eigenvalue weighted by Gasteiger charge is -2.23. The Kier molecular flexibility index (Phi) is 5.72. The molecule has 0 aliphatic carbocycles. The predicted octanol–water partition coefficient (Wildman–Crippen LogP) is 4.67. The van der Waals surface area contributed by atoms with Gasteiger partial charge in [-0.3, -0.25) is 4.79 Å². The quantitative estimate of drug-likeness (QED) is 0.843. The number of nitrogens with one attached hydrogen (secondary N) is 1. The van der Waals surface area contributed by atoms with E-state index in [1.807, 2.05) is 13.8 Å². The summed E-state index contributed by atoms with van der Waals surface area (Å²) in [6.45, 7) is 3.90. The maximum Gasteiger partial charge on any atom is 0.225 e. The Bertz CT molecular complexity index is 666. The number of hydrogen-bond donors (Lipinski definition) is 1. The summed E-state index contributed by atoms with van der Waals surface area (Å²) < 4.78 is 26.8. The maximum absolute atomic E-state index is 13.8. The minimum absolute atomic E-state index is 0.0977. The SMILES string of the molecule is CC(C)C(NC(=O)Cc1c(F)cccc1Cl)c1ccc(F)cc1.